The van der Waals surface area contributed by atoms with Gasteiger partial charge in [0.05, 0.1) is 5.02 Å². The molecule has 1 aliphatic heterocycles. The first-order valence-electron chi connectivity index (χ1n) is 7.08. The molecule has 110 valence electrons. The van der Waals surface area contributed by atoms with Gasteiger partial charge in [-0.2, -0.15) is 0 Å². The number of carbonyl (C=O) groups is 1. The molecular weight excluding hydrogens is 338 g/mol. The molecule has 2 nitrogen and oxygen atoms in total. The first kappa shape index (κ1) is 16.0. The molecule has 0 aliphatic carbocycles. The summed E-state index contributed by atoms with van der Waals surface area (Å²) < 4.78 is 0.900. The van der Waals surface area contributed by atoms with Crippen molar-refractivity contribution < 1.29 is 4.79 Å². The number of carbonyl (C=O) groups excluding carboxylic acids is 1. The van der Waals surface area contributed by atoms with Crippen molar-refractivity contribution in [2.45, 2.75) is 33.1 Å². The van der Waals surface area contributed by atoms with E-state index in [1.165, 1.54) is 12.8 Å². The molecule has 0 radical (unpaired) electrons. The standard InChI is InChI=1S/C16H21BrClNO/c1-16(2)6-9-19(10-7-16)8-5-15(20)13-4-3-12(17)11-14(13)18/h3-4,11H,5-10H2,1-2H3. The monoisotopic (exact) mass is 357 g/mol. The third-order valence-corrected chi connectivity index (χ3v) is 4.90. The molecule has 0 spiro atoms. The Bertz CT molecular complexity index is 491. The zero-order chi connectivity index (χ0) is 14.8. The van der Waals surface area contributed by atoms with E-state index in [-0.39, 0.29) is 5.78 Å². The summed E-state index contributed by atoms with van der Waals surface area (Å²) in [6.45, 7) is 7.65. The van der Waals surface area contributed by atoms with Crippen molar-refractivity contribution in [3.8, 4) is 0 Å². The van der Waals surface area contributed by atoms with Gasteiger partial charge in [0.2, 0.25) is 0 Å². The van der Waals surface area contributed by atoms with Gasteiger partial charge in [-0.3, -0.25) is 4.79 Å². The summed E-state index contributed by atoms with van der Waals surface area (Å²) in [6, 6.07) is 5.44. The summed E-state index contributed by atoms with van der Waals surface area (Å²) in [7, 11) is 0. The molecule has 0 unspecified atom stereocenters. The summed E-state index contributed by atoms with van der Waals surface area (Å²) in [6.07, 6.45) is 2.96. The van der Waals surface area contributed by atoms with Gasteiger partial charge in [-0.1, -0.05) is 41.4 Å². The molecule has 1 fully saturated rings. The van der Waals surface area contributed by atoms with Crippen molar-refractivity contribution in [1.29, 1.82) is 0 Å². The first-order valence-corrected chi connectivity index (χ1v) is 8.25. The van der Waals surface area contributed by atoms with Crippen LogP contribution in [0.4, 0.5) is 0 Å². The second-order valence-electron chi connectivity index (χ2n) is 6.30. The van der Waals surface area contributed by atoms with E-state index in [0.717, 1.165) is 24.1 Å². The SMILES string of the molecule is CC1(C)CCN(CCC(=O)c2ccc(Br)cc2Cl)CC1. The average molecular weight is 359 g/mol. The van der Waals surface area contributed by atoms with Crippen molar-refractivity contribution in [3.05, 3.63) is 33.3 Å². The maximum Gasteiger partial charge on any atom is 0.165 e. The predicted octanol–water partition coefficient (Wildman–Crippen LogP) is 4.80. The van der Waals surface area contributed by atoms with E-state index < -0.39 is 0 Å². The number of halogens is 2. The van der Waals surface area contributed by atoms with Crippen LogP contribution in [0.2, 0.25) is 5.02 Å². The smallest absolute Gasteiger partial charge is 0.165 e. The quantitative estimate of drug-likeness (QED) is 0.721. The minimum absolute atomic E-state index is 0.132. The largest absolute Gasteiger partial charge is 0.303 e. The zero-order valence-electron chi connectivity index (χ0n) is 12.1. The van der Waals surface area contributed by atoms with Crippen molar-refractivity contribution in [3.63, 3.8) is 0 Å². The van der Waals surface area contributed by atoms with Gasteiger partial charge in [-0.15, -0.1) is 0 Å². The fourth-order valence-corrected chi connectivity index (χ4v) is 3.27. The topological polar surface area (TPSA) is 20.3 Å². The Kier molecular flexibility index (Phi) is 5.27. The summed E-state index contributed by atoms with van der Waals surface area (Å²) in [5.74, 6) is 0.132. The van der Waals surface area contributed by atoms with Crippen LogP contribution in [-0.2, 0) is 0 Å². The molecule has 1 aromatic rings. The Labute approximate surface area is 134 Å². The lowest BCUT2D eigenvalue weighted by Crippen LogP contribution is -2.38. The number of hydrogen-bond acceptors (Lipinski definition) is 2. The highest BCUT2D eigenvalue weighted by Crippen LogP contribution is 2.30. The van der Waals surface area contributed by atoms with E-state index in [1.54, 1.807) is 12.1 Å². The summed E-state index contributed by atoms with van der Waals surface area (Å²) >= 11 is 9.47. The normalized spacial score (nSPS) is 19.0. The summed E-state index contributed by atoms with van der Waals surface area (Å²) in [4.78, 5) is 14.6. The third kappa shape index (κ3) is 4.31. The van der Waals surface area contributed by atoms with Crippen LogP contribution in [-0.4, -0.2) is 30.3 Å². The van der Waals surface area contributed by atoms with Crippen molar-refractivity contribution in [2.24, 2.45) is 5.41 Å². The van der Waals surface area contributed by atoms with Gasteiger partial charge >= 0.3 is 0 Å². The number of hydrogen-bond donors (Lipinski definition) is 0. The molecule has 2 rings (SSSR count). The van der Waals surface area contributed by atoms with Crippen molar-refractivity contribution >= 4 is 33.3 Å². The number of Topliss-reactive ketones (excluding diaryl/α,β-unsaturated/α-hetero) is 1. The van der Waals surface area contributed by atoms with Gasteiger partial charge in [-0.05, 0) is 49.5 Å². The highest BCUT2D eigenvalue weighted by molar-refractivity contribution is 9.10. The molecule has 0 saturated carbocycles. The first-order chi connectivity index (χ1) is 9.37. The van der Waals surface area contributed by atoms with E-state index in [9.17, 15) is 4.79 Å². The molecule has 0 aromatic heterocycles. The Hall–Kier alpha value is -0.380. The maximum atomic E-state index is 12.2. The van der Waals surface area contributed by atoms with Crippen molar-refractivity contribution in [2.75, 3.05) is 19.6 Å². The lowest BCUT2D eigenvalue weighted by atomic mass is 9.82. The van der Waals surface area contributed by atoms with Crippen LogP contribution < -0.4 is 0 Å². The maximum absolute atomic E-state index is 12.2. The van der Waals surface area contributed by atoms with Gasteiger partial charge in [0.1, 0.15) is 0 Å². The number of ketones is 1. The summed E-state index contributed by atoms with van der Waals surface area (Å²) in [5, 5.41) is 0.532. The fraction of sp³-hybridized carbons (Fsp3) is 0.562. The fourth-order valence-electron chi connectivity index (χ4n) is 2.49. The van der Waals surface area contributed by atoms with Gasteiger partial charge < -0.3 is 4.90 Å². The number of likely N-dealkylation sites (tertiary alicyclic amines) is 1. The zero-order valence-corrected chi connectivity index (χ0v) is 14.4. The van der Waals surface area contributed by atoms with Gasteiger partial charge in [0.15, 0.2) is 5.78 Å². The third-order valence-electron chi connectivity index (χ3n) is 4.10. The van der Waals surface area contributed by atoms with E-state index in [0.29, 0.717) is 22.4 Å². The second kappa shape index (κ2) is 6.59. The van der Waals surface area contributed by atoms with E-state index in [2.05, 4.69) is 34.7 Å². The molecule has 1 aromatic carbocycles. The molecule has 4 heteroatoms. The van der Waals surface area contributed by atoms with E-state index in [4.69, 9.17) is 11.6 Å². The average Bonchev–Trinajstić information content (AvgIpc) is 2.37. The lowest BCUT2D eigenvalue weighted by Gasteiger charge is -2.36. The Balaban J connectivity index is 1.87. The number of nitrogens with zero attached hydrogens (tertiary/aromatic N) is 1. The molecule has 0 bridgehead atoms. The van der Waals surface area contributed by atoms with Crippen LogP contribution in [0.25, 0.3) is 0 Å². The van der Waals surface area contributed by atoms with Crippen LogP contribution in [0.5, 0.6) is 0 Å². The van der Waals surface area contributed by atoms with Gasteiger partial charge in [0.25, 0.3) is 0 Å². The van der Waals surface area contributed by atoms with E-state index >= 15 is 0 Å². The molecule has 1 heterocycles. The molecular formula is C16H21BrClNO. The second-order valence-corrected chi connectivity index (χ2v) is 7.63. The minimum Gasteiger partial charge on any atom is -0.303 e. The van der Waals surface area contributed by atoms with Gasteiger partial charge in [0, 0.05) is 23.0 Å². The molecule has 20 heavy (non-hydrogen) atoms. The molecule has 1 aliphatic rings. The number of benzene rings is 1. The molecule has 0 N–H and O–H groups in total. The number of rotatable bonds is 4. The van der Waals surface area contributed by atoms with Crippen molar-refractivity contribution in [1.82, 2.24) is 4.90 Å². The predicted molar refractivity (Wildman–Crippen MR) is 87.6 cm³/mol. The van der Waals surface area contributed by atoms with Crippen LogP contribution in [0.1, 0.15) is 43.5 Å². The van der Waals surface area contributed by atoms with Crippen LogP contribution in [0.3, 0.4) is 0 Å². The lowest BCUT2D eigenvalue weighted by molar-refractivity contribution is 0.0927. The van der Waals surface area contributed by atoms with Crippen LogP contribution in [0.15, 0.2) is 22.7 Å². The summed E-state index contributed by atoms with van der Waals surface area (Å²) in [5.41, 5.74) is 1.09. The number of piperidine rings is 1. The Morgan fingerprint density at radius 2 is 2.00 bits per heavy atom. The van der Waals surface area contributed by atoms with Gasteiger partial charge in [-0.25, -0.2) is 0 Å². The molecule has 1 saturated heterocycles. The Morgan fingerprint density at radius 3 is 2.60 bits per heavy atom. The highest BCUT2D eigenvalue weighted by Gasteiger charge is 2.25. The van der Waals surface area contributed by atoms with E-state index in [1.807, 2.05) is 6.07 Å². The van der Waals surface area contributed by atoms with Crippen LogP contribution >= 0.6 is 27.5 Å². The van der Waals surface area contributed by atoms with Crippen LogP contribution in [0, 0.1) is 5.41 Å². The molecule has 0 amide bonds. The highest BCUT2D eigenvalue weighted by atomic mass is 79.9. The molecule has 0 atom stereocenters. The minimum atomic E-state index is 0.132. The Morgan fingerprint density at radius 1 is 1.35 bits per heavy atom.